The zero-order valence-electron chi connectivity index (χ0n) is 7.44. The minimum Gasteiger partial charge on any atom is -0.343 e. The normalized spacial score (nSPS) is 15.1. The zero-order chi connectivity index (χ0) is 11.7. The highest BCUT2D eigenvalue weighted by atomic mass is 35.6. The monoisotopic (exact) mass is 270 g/mol. The van der Waals surface area contributed by atoms with Gasteiger partial charge in [0.1, 0.15) is 5.92 Å². The van der Waals surface area contributed by atoms with Crippen molar-refractivity contribution in [2.24, 2.45) is 0 Å². The number of alkyl halides is 3. The van der Waals surface area contributed by atoms with E-state index in [2.05, 4.69) is 0 Å². The van der Waals surface area contributed by atoms with Crippen LogP contribution in [0.25, 0.3) is 0 Å². The number of hydrogen-bond donors (Lipinski definition) is 3. The molecule has 15 heavy (non-hydrogen) atoms. The van der Waals surface area contributed by atoms with E-state index in [4.69, 9.17) is 50.1 Å². The fraction of sp³-hybridized carbons (Fsp3) is 0.333. The summed E-state index contributed by atoms with van der Waals surface area (Å²) in [5.41, 5.74) is 0.310. The fourth-order valence-corrected chi connectivity index (χ4v) is 2.09. The van der Waals surface area contributed by atoms with Crippen molar-refractivity contribution in [1.82, 2.24) is 0 Å². The molecule has 3 N–H and O–H groups in total. The summed E-state index contributed by atoms with van der Waals surface area (Å²) in [5, 5.41) is 27.4. The van der Waals surface area contributed by atoms with Gasteiger partial charge in [0.2, 0.25) is 3.79 Å². The smallest absolute Gasteiger partial charge is 0.286 e. The molecule has 0 amide bonds. The van der Waals surface area contributed by atoms with Crippen LogP contribution in [0.2, 0.25) is 0 Å². The second-order valence-electron chi connectivity index (χ2n) is 3.07. The Labute approximate surface area is 102 Å². The van der Waals surface area contributed by atoms with Gasteiger partial charge in [-0.05, 0) is 5.56 Å². The SMILES string of the molecule is OC(O)(O)C(c1ccccc1)C(Cl)(Cl)Cl. The second-order valence-corrected chi connectivity index (χ2v) is 5.44. The van der Waals surface area contributed by atoms with Gasteiger partial charge >= 0.3 is 0 Å². The van der Waals surface area contributed by atoms with E-state index in [1.165, 1.54) is 12.1 Å². The summed E-state index contributed by atoms with van der Waals surface area (Å²) in [6, 6.07) is 8.01. The van der Waals surface area contributed by atoms with E-state index in [0.29, 0.717) is 5.56 Å². The van der Waals surface area contributed by atoms with Crippen LogP contribution in [0.3, 0.4) is 0 Å². The van der Waals surface area contributed by atoms with Crippen LogP contribution in [0.1, 0.15) is 11.5 Å². The third kappa shape index (κ3) is 3.48. The first-order chi connectivity index (χ1) is 6.73. The molecule has 0 aliphatic heterocycles. The van der Waals surface area contributed by atoms with Crippen LogP contribution < -0.4 is 0 Å². The lowest BCUT2D eigenvalue weighted by Crippen LogP contribution is -2.42. The molecule has 0 aliphatic rings. The molecule has 3 nitrogen and oxygen atoms in total. The maximum Gasteiger partial charge on any atom is 0.286 e. The summed E-state index contributed by atoms with van der Waals surface area (Å²) in [7, 11) is 0. The molecular formula is C9H9Cl3O3. The molecule has 0 saturated carbocycles. The summed E-state index contributed by atoms with van der Waals surface area (Å²) in [5.74, 6) is -4.54. The summed E-state index contributed by atoms with van der Waals surface area (Å²) < 4.78 is -2.03. The lowest BCUT2D eigenvalue weighted by atomic mass is 9.98. The van der Waals surface area contributed by atoms with Crippen LogP contribution >= 0.6 is 34.8 Å². The Balaban J connectivity index is 3.15. The summed E-state index contributed by atoms with van der Waals surface area (Å²) in [6.07, 6.45) is 0. The molecule has 0 aromatic heterocycles. The minimum atomic E-state index is -3.09. The lowest BCUT2D eigenvalue weighted by molar-refractivity contribution is -0.324. The highest BCUT2D eigenvalue weighted by molar-refractivity contribution is 6.68. The van der Waals surface area contributed by atoms with Gasteiger partial charge in [0, 0.05) is 0 Å². The number of aliphatic hydroxyl groups is 3. The van der Waals surface area contributed by atoms with Gasteiger partial charge in [-0.2, -0.15) is 0 Å². The maximum atomic E-state index is 9.12. The van der Waals surface area contributed by atoms with Gasteiger partial charge in [0.15, 0.2) is 0 Å². The van der Waals surface area contributed by atoms with Gasteiger partial charge in [-0.1, -0.05) is 65.1 Å². The molecule has 0 bridgehead atoms. The minimum absolute atomic E-state index is 0.310. The third-order valence-electron chi connectivity index (χ3n) is 1.85. The van der Waals surface area contributed by atoms with Gasteiger partial charge in [0.25, 0.3) is 5.97 Å². The van der Waals surface area contributed by atoms with Crippen LogP contribution in [0.5, 0.6) is 0 Å². The molecule has 0 spiro atoms. The van der Waals surface area contributed by atoms with Crippen molar-refractivity contribution < 1.29 is 15.3 Å². The number of hydrogen-bond acceptors (Lipinski definition) is 3. The van der Waals surface area contributed by atoms with E-state index >= 15 is 0 Å². The van der Waals surface area contributed by atoms with E-state index in [9.17, 15) is 0 Å². The van der Waals surface area contributed by atoms with Crippen LogP contribution in [-0.2, 0) is 0 Å². The average molecular weight is 272 g/mol. The number of benzene rings is 1. The van der Waals surface area contributed by atoms with Crippen molar-refractivity contribution in [1.29, 1.82) is 0 Å². The fourth-order valence-electron chi connectivity index (χ4n) is 1.28. The third-order valence-corrected chi connectivity index (χ3v) is 2.50. The molecule has 0 radical (unpaired) electrons. The first kappa shape index (κ1) is 13.0. The highest BCUT2D eigenvalue weighted by Crippen LogP contribution is 2.45. The zero-order valence-corrected chi connectivity index (χ0v) is 9.71. The predicted octanol–water partition coefficient (Wildman–Crippen LogP) is 1.77. The molecule has 1 aromatic carbocycles. The standard InChI is InChI=1S/C9H9Cl3O3/c10-8(11,12)7(9(13,14)15)6-4-2-1-3-5-6/h1-5,7,13-15H. The second kappa shape index (κ2) is 4.45. The average Bonchev–Trinajstić information content (AvgIpc) is 2.00. The van der Waals surface area contributed by atoms with Crippen LogP contribution in [0.15, 0.2) is 30.3 Å². The molecule has 0 saturated heterocycles. The Kier molecular flexibility index (Phi) is 3.87. The molecule has 6 heteroatoms. The van der Waals surface area contributed by atoms with Crippen molar-refractivity contribution in [3.05, 3.63) is 35.9 Å². The van der Waals surface area contributed by atoms with E-state index in [0.717, 1.165) is 0 Å². The lowest BCUT2D eigenvalue weighted by Gasteiger charge is -2.31. The molecular weight excluding hydrogens is 262 g/mol. The first-order valence-electron chi connectivity index (χ1n) is 4.01. The quantitative estimate of drug-likeness (QED) is 0.567. The highest BCUT2D eigenvalue weighted by Gasteiger charge is 2.47. The van der Waals surface area contributed by atoms with Gasteiger partial charge in [-0.15, -0.1) is 0 Å². The Morgan fingerprint density at radius 3 is 1.73 bits per heavy atom. The molecule has 1 atom stereocenters. The van der Waals surface area contributed by atoms with E-state index < -0.39 is 15.7 Å². The van der Waals surface area contributed by atoms with Crippen molar-refractivity contribution >= 4 is 34.8 Å². The Hall–Kier alpha value is -0.0300. The molecule has 84 valence electrons. The molecule has 0 aliphatic carbocycles. The van der Waals surface area contributed by atoms with Crippen LogP contribution in [-0.4, -0.2) is 25.1 Å². The summed E-state index contributed by atoms with van der Waals surface area (Å²) in [4.78, 5) is 0. The topological polar surface area (TPSA) is 60.7 Å². The largest absolute Gasteiger partial charge is 0.343 e. The summed E-state index contributed by atoms with van der Waals surface area (Å²) >= 11 is 16.7. The van der Waals surface area contributed by atoms with Gasteiger partial charge in [-0.25, -0.2) is 0 Å². The molecule has 1 aromatic rings. The van der Waals surface area contributed by atoms with Crippen LogP contribution in [0, 0.1) is 0 Å². The van der Waals surface area contributed by atoms with E-state index in [-0.39, 0.29) is 0 Å². The molecule has 0 fully saturated rings. The summed E-state index contributed by atoms with van der Waals surface area (Å²) in [6.45, 7) is 0. The van der Waals surface area contributed by atoms with Crippen molar-refractivity contribution in [3.8, 4) is 0 Å². The Morgan fingerprint density at radius 2 is 1.40 bits per heavy atom. The Morgan fingerprint density at radius 1 is 0.933 bits per heavy atom. The van der Waals surface area contributed by atoms with Gasteiger partial charge in [-0.3, -0.25) is 0 Å². The Bertz CT molecular complexity index is 302. The molecule has 0 heterocycles. The van der Waals surface area contributed by atoms with E-state index in [1.54, 1.807) is 18.2 Å². The van der Waals surface area contributed by atoms with Crippen molar-refractivity contribution in [3.63, 3.8) is 0 Å². The van der Waals surface area contributed by atoms with Gasteiger partial charge < -0.3 is 15.3 Å². The van der Waals surface area contributed by atoms with Crippen molar-refractivity contribution in [2.45, 2.75) is 15.7 Å². The number of rotatable bonds is 2. The number of halogens is 3. The predicted molar refractivity (Wildman–Crippen MR) is 58.9 cm³/mol. The first-order valence-corrected chi connectivity index (χ1v) is 5.15. The molecule has 1 unspecified atom stereocenters. The van der Waals surface area contributed by atoms with Crippen LogP contribution in [0.4, 0.5) is 0 Å². The molecule has 1 rings (SSSR count). The van der Waals surface area contributed by atoms with E-state index in [1.807, 2.05) is 0 Å². The van der Waals surface area contributed by atoms with Gasteiger partial charge in [0.05, 0.1) is 0 Å². The van der Waals surface area contributed by atoms with Crippen molar-refractivity contribution in [2.75, 3.05) is 0 Å². The maximum absolute atomic E-state index is 9.12.